The molecule has 0 unspecified atom stereocenters. The highest BCUT2D eigenvalue weighted by Gasteiger charge is 2.11. The van der Waals surface area contributed by atoms with Crippen molar-refractivity contribution in [1.29, 1.82) is 0 Å². The summed E-state index contributed by atoms with van der Waals surface area (Å²) in [5.41, 5.74) is 2.24. The number of halogens is 2. The maximum atomic E-state index is 13.6. The number of hydrogen-bond acceptors (Lipinski definition) is 2. The molecule has 2 rings (SSSR count). The van der Waals surface area contributed by atoms with E-state index in [1.807, 2.05) is 30.1 Å². The first kappa shape index (κ1) is 17.7. The first-order valence-corrected chi connectivity index (χ1v) is 8.21. The summed E-state index contributed by atoms with van der Waals surface area (Å²) in [4.78, 5) is 1.87. The zero-order valence-corrected chi connectivity index (χ0v) is 15.6. The van der Waals surface area contributed by atoms with Crippen LogP contribution < -0.4 is 10.1 Å². The Bertz CT molecular complexity index is 724. The molecule has 0 aliphatic carbocycles. The molecule has 122 valence electrons. The minimum atomic E-state index is -0.255. The van der Waals surface area contributed by atoms with E-state index in [4.69, 9.17) is 17.0 Å². The fraction of sp³-hybridized carbons (Fsp3) is 0.235. The molecule has 0 spiro atoms. The Hall–Kier alpha value is -1.66. The minimum Gasteiger partial charge on any atom is -0.496 e. The van der Waals surface area contributed by atoms with E-state index < -0.39 is 0 Å². The second-order valence-corrected chi connectivity index (χ2v) is 6.51. The van der Waals surface area contributed by atoms with Crippen LogP contribution in [0.25, 0.3) is 0 Å². The molecular formula is C17H18BrFN2OS. The Balaban J connectivity index is 2.08. The van der Waals surface area contributed by atoms with Crippen LogP contribution in [0.5, 0.6) is 5.75 Å². The van der Waals surface area contributed by atoms with E-state index >= 15 is 0 Å². The average Bonchev–Trinajstić information content (AvgIpc) is 2.51. The number of ether oxygens (including phenoxy) is 1. The lowest BCUT2D eigenvalue weighted by Gasteiger charge is -2.22. The van der Waals surface area contributed by atoms with E-state index in [1.54, 1.807) is 26.2 Å². The Morgan fingerprint density at radius 2 is 2.04 bits per heavy atom. The van der Waals surface area contributed by atoms with Crippen molar-refractivity contribution in [1.82, 2.24) is 4.90 Å². The molecule has 0 bridgehead atoms. The molecule has 0 atom stereocenters. The van der Waals surface area contributed by atoms with Crippen LogP contribution in [0.2, 0.25) is 0 Å². The monoisotopic (exact) mass is 396 g/mol. The van der Waals surface area contributed by atoms with Crippen molar-refractivity contribution in [2.24, 2.45) is 0 Å². The van der Waals surface area contributed by atoms with Crippen molar-refractivity contribution < 1.29 is 9.13 Å². The van der Waals surface area contributed by atoms with Gasteiger partial charge in [0.1, 0.15) is 11.6 Å². The number of rotatable bonds is 4. The molecule has 1 N–H and O–H groups in total. The van der Waals surface area contributed by atoms with Gasteiger partial charge in [0.15, 0.2) is 5.11 Å². The molecule has 0 fully saturated rings. The van der Waals surface area contributed by atoms with Gasteiger partial charge in [-0.3, -0.25) is 0 Å². The second-order valence-electron chi connectivity index (χ2n) is 5.21. The number of methoxy groups -OCH3 is 1. The maximum Gasteiger partial charge on any atom is 0.173 e. The van der Waals surface area contributed by atoms with Crippen LogP contribution in [0.1, 0.15) is 11.1 Å². The fourth-order valence-electron chi connectivity index (χ4n) is 2.09. The van der Waals surface area contributed by atoms with Gasteiger partial charge in [-0.15, -0.1) is 0 Å². The molecule has 0 aliphatic rings. The third-order valence-corrected chi connectivity index (χ3v) is 4.33. The number of nitrogens with zero attached hydrogens (tertiary/aromatic N) is 1. The van der Waals surface area contributed by atoms with Gasteiger partial charge in [0.2, 0.25) is 0 Å². The summed E-state index contributed by atoms with van der Waals surface area (Å²) < 4.78 is 19.9. The highest BCUT2D eigenvalue weighted by atomic mass is 79.9. The number of aryl methyl sites for hydroxylation is 1. The maximum absolute atomic E-state index is 13.6. The van der Waals surface area contributed by atoms with Gasteiger partial charge in [-0.1, -0.05) is 22.0 Å². The summed E-state index contributed by atoms with van der Waals surface area (Å²) in [7, 11) is 3.51. The first-order valence-electron chi connectivity index (χ1n) is 7.01. The van der Waals surface area contributed by atoms with Crippen LogP contribution in [0, 0.1) is 12.7 Å². The van der Waals surface area contributed by atoms with Crippen LogP contribution in [-0.4, -0.2) is 24.2 Å². The molecule has 6 heteroatoms. The van der Waals surface area contributed by atoms with E-state index in [9.17, 15) is 4.39 Å². The standard InChI is InChI=1S/C17H18BrFN2OS/c1-11-4-6-14(9-15(11)19)20-17(23)21(2)10-12-8-13(18)5-7-16(12)22-3/h4-9H,10H2,1-3H3,(H,20,23). The van der Waals surface area contributed by atoms with Crippen molar-refractivity contribution in [3.63, 3.8) is 0 Å². The van der Waals surface area contributed by atoms with Gasteiger partial charge in [-0.25, -0.2) is 4.39 Å². The van der Waals surface area contributed by atoms with E-state index in [-0.39, 0.29) is 5.82 Å². The summed E-state index contributed by atoms with van der Waals surface area (Å²) in [5.74, 6) is 0.540. The van der Waals surface area contributed by atoms with Gasteiger partial charge in [-0.05, 0) is 55.0 Å². The molecule has 0 aliphatic heterocycles. The van der Waals surface area contributed by atoms with Gasteiger partial charge in [-0.2, -0.15) is 0 Å². The van der Waals surface area contributed by atoms with Crippen molar-refractivity contribution in [2.75, 3.05) is 19.5 Å². The molecule has 0 amide bonds. The lowest BCUT2D eigenvalue weighted by Crippen LogP contribution is -2.30. The van der Waals surface area contributed by atoms with Gasteiger partial charge in [0, 0.05) is 29.3 Å². The number of nitrogens with one attached hydrogen (secondary N) is 1. The Kier molecular flexibility index (Phi) is 5.96. The molecule has 2 aromatic rings. The van der Waals surface area contributed by atoms with Crippen molar-refractivity contribution in [2.45, 2.75) is 13.5 Å². The summed E-state index contributed by atoms with van der Waals surface area (Å²) >= 11 is 8.84. The third-order valence-electron chi connectivity index (χ3n) is 3.42. The van der Waals surface area contributed by atoms with Crippen molar-refractivity contribution in [3.05, 3.63) is 57.8 Å². The summed E-state index contributed by atoms with van der Waals surface area (Å²) in [6, 6.07) is 10.8. The molecular weight excluding hydrogens is 379 g/mol. The lowest BCUT2D eigenvalue weighted by molar-refractivity contribution is 0.399. The summed E-state index contributed by atoms with van der Waals surface area (Å²) in [6.07, 6.45) is 0. The van der Waals surface area contributed by atoms with Crippen LogP contribution in [-0.2, 0) is 6.54 Å². The van der Waals surface area contributed by atoms with E-state index in [1.165, 1.54) is 6.07 Å². The summed E-state index contributed by atoms with van der Waals surface area (Å²) in [6.45, 7) is 2.30. The zero-order chi connectivity index (χ0) is 17.0. The quantitative estimate of drug-likeness (QED) is 0.754. The first-order chi connectivity index (χ1) is 10.9. The molecule has 0 radical (unpaired) electrons. The van der Waals surface area contributed by atoms with Gasteiger partial charge in [0.25, 0.3) is 0 Å². The molecule has 0 saturated heterocycles. The Morgan fingerprint density at radius 3 is 2.70 bits per heavy atom. The van der Waals surface area contributed by atoms with E-state index in [2.05, 4.69) is 21.2 Å². The number of thiocarbonyl (C=S) groups is 1. The van der Waals surface area contributed by atoms with E-state index in [0.717, 1.165) is 15.8 Å². The number of anilines is 1. The average molecular weight is 397 g/mol. The van der Waals surface area contributed by atoms with Gasteiger partial charge < -0.3 is 15.0 Å². The highest BCUT2D eigenvalue weighted by molar-refractivity contribution is 9.10. The highest BCUT2D eigenvalue weighted by Crippen LogP contribution is 2.24. The Labute approximate surface area is 149 Å². The predicted molar refractivity (Wildman–Crippen MR) is 99.5 cm³/mol. The fourth-order valence-corrected chi connectivity index (χ4v) is 2.68. The Morgan fingerprint density at radius 1 is 1.30 bits per heavy atom. The van der Waals surface area contributed by atoms with E-state index in [0.29, 0.717) is 22.9 Å². The number of hydrogen-bond donors (Lipinski definition) is 1. The van der Waals surface area contributed by atoms with Crippen molar-refractivity contribution >= 4 is 38.9 Å². The normalized spacial score (nSPS) is 10.3. The largest absolute Gasteiger partial charge is 0.496 e. The number of benzene rings is 2. The molecule has 0 aromatic heterocycles. The van der Waals surface area contributed by atoms with Gasteiger partial charge in [0.05, 0.1) is 7.11 Å². The van der Waals surface area contributed by atoms with Crippen LogP contribution in [0.4, 0.5) is 10.1 Å². The molecule has 2 aromatic carbocycles. The SMILES string of the molecule is COc1ccc(Br)cc1CN(C)C(=S)Nc1ccc(C)c(F)c1. The van der Waals surface area contributed by atoms with Crippen LogP contribution >= 0.6 is 28.1 Å². The van der Waals surface area contributed by atoms with Crippen LogP contribution in [0.3, 0.4) is 0 Å². The molecule has 23 heavy (non-hydrogen) atoms. The lowest BCUT2D eigenvalue weighted by atomic mass is 10.2. The summed E-state index contributed by atoms with van der Waals surface area (Å²) in [5, 5.41) is 3.56. The van der Waals surface area contributed by atoms with Crippen molar-refractivity contribution in [3.8, 4) is 5.75 Å². The predicted octanol–water partition coefficient (Wildman–Crippen LogP) is 4.73. The topological polar surface area (TPSA) is 24.5 Å². The second kappa shape index (κ2) is 7.75. The smallest absolute Gasteiger partial charge is 0.173 e. The van der Waals surface area contributed by atoms with Crippen LogP contribution in [0.15, 0.2) is 40.9 Å². The van der Waals surface area contributed by atoms with Gasteiger partial charge >= 0.3 is 0 Å². The minimum absolute atomic E-state index is 0.255. The molecule has 3 nitrogen and oxygen atoms in total. The zero-order valence-electron chi connectivity index (χ0n) is 13.2. The molecule has 0 heterocycles. The molecule has 0 saturated carbocycles. The third kappa shape index (κ3) is 4.65.